The molecule has 0 radical (unpaired) electrons. The van der Waals surface area contributed by atoms with Crippen LogP contribution < -0.4 is 10.3 Å². The van der Waals surface area contributed by atoms with E-state index in [-0.39, 0.29) is 5.56 Å². The maximum absolute atomic E-state index is 14.2. The van der Waals surface area contributed by atoms with Gasteiger partial charge in [-0.3, -0.25) is 4.79 Å². The van der Waals surface area contributed by atoms with Gasteiger partial charge in [-0.25, -0.2) is 4.39 Å². The zero-order chi connectivity index (χ0) is 16.8. The van der Waals surface area contributed by atoms with E-state index >= 15 is 0 Å². The van der Waals surface area contributed by atoms with E-state index in [1.165, 1.54) is 22.8 Å². The molecule has 1 heterocycles. The SMILES string of the molecule is N#CC(C#N)[C@@H](c1ccccc1F)[C@@H](C(N)=O)[n+]1ccccc1. The monoisotopic (exact) mass is 309 g/mol. The van der Waals surface area contributed by atoms with Crippen LogP contribution in [0.15, 0.2) is 54.9 Å². The molecule has 6 heteroatoms. The topological polar surface area (TPSA) is 94.5 Å². The summed E-state index contributed by atoms with van der Waals surface area (Å²) >= 11 is 0. The fourth-order valence-electron chi connectivity index (χ4n) is 2.57. The summed E-state index contributed by atoms with van der Waals surface area (Å²) in [5.41, 5.74) is 5.62. The lowest BCUT2D eigenvalue weighted by molar-refractivity contribution is -0.712. The number of hydrogen-bond donors (Lipinski definition) is 1. The first-order valence-corrected chi connectivity index (χ1v) is 6.89. The van der Waals surface area contributed by atoms with Crippen molar-refractivity contribution in [1.29, 1.82) is 10.5 Å². The number of nitrogens with two attached hydrogens (primary N) is 1. The van der Waals surface area contributed by atoms with Crippen LogP contribution in [-0.2, 0) is 4.79 Å². The average molecular weight is 309 g/mol. The van der Waals surface area contributed by atoms with Crippen LogP contribution >= 0.6 is 0 Å². The smallest absolute Gasteiger partial charge is 0.287 e. The molecule has 5 nitrogen and oxygen atoms in total. The van der Waals surface area contributed by atoms with Crippen molar-refractivity contribution in [3.8, 4) is 12.1 Å². The molecule has 23 heavy (non-hydrogen) atoms. The second-order valence-corrected chi connectivity index (χ2v) is 4.95. The van der Waals surface area contributed by atoms with Crippen molar-refractivity contribution < 1.29 is 13.8 Å². The maximum Gasteiger partial charge on any atom is 0.287 e. The van der Waals surface area contributed by atoms with E-state index in [4.69, 9.17) is 5.73 Å². The zero-order valence-electron chi connectivity index (χ0n) is 12.1. The highest BCUT2D eigenvalue weighted by atomic mass is 19.1. The number of hydrogen-bond acceptors (Lipinski definition) is 3. The van der Waals surface area contributed by atoms with E-state index in [0.717, 1.165) is 0 Å². The Balaban J connectivity index is 2.65. The Morgan fingerprint density at radius 2 is 1.70 bits per heavy atom. The van der Waals surface area contributed by atoms with Gasteiger partial charge in [-0.15, -0.1) is 0 Å². The Labute approximate surface area is 133 Å². The molecule has 0 saturated carbocycles. The van der Waals surface area contributed by atoms with Gasteiger partial charge in [0.25, 0.3) is 5.91 Å². The minimum Gasteiger partial charge on any atom is -0.364 e. The van der Waals surface area contributed by atoms with E-state index in [0.29, 0.717) is 0 Å². The summed E-state index contributed by atoms with van der Waals surface area (Å²) in [6, 6.07) is 13.5. The molecule has 0 fully saturated rings. The zero-order valence-corrected chi connectivity index (χ0v) is 12.1. The van der Waals surface area contributed by atoms with Crippen LogP contribution in [0.25, 0.3) is 0 Å². The normalized spacial score (nSPS) is 12.9. The molecule has 2 aromatic rings. The number of carbonyl (C=O) groups excluding carboxylic acids is 1. The summed E-state index contributed by atoms with van der Waals surface area (Å²) in [4.78, 5) is 12.0. The number of nitrogens with zero attached hydrogens (tertiary/aromatic N) is 3. The first-order valence-electron chi connectivity index (χ1n) is 6.89. The van der Waals surface area contributed by atoms with Crippen molar-refractivity contribution >= 4 is 5.91 Å². The number of aromatic nitrogens is 1. The molecular formula is C17H14FN4O+. The largest absolute Gasteiger partial charge is 0.364 e. The predicted molar refractivity (Wildman–Crippen MR) is 78.7 cm³/mol. The molecule has 1 aromatic carbocycles. The van der Waals surface area contributed by atoms with Gasteiger partial charge in [0.2, 0.25) is 6.04 Å². The first-order chi connectivity index (χ1) is 11.1. The van der Waals surface area contributed by atoms with E-state index in [1.54, 1.807) is 36.7 Å². The van der Waals surface area contributed by atoms with Gasteiger partial charge in [0.15, 0.2) is 12.4 Å². The molecular weight excluding hydrogens is 295 g/mol. The van der Waals surface area contributed by atoms with Crippen molar-refractivity contribution in [1.82, 2.24) is 0 Å². The minimum absolute atomic E-state index is 0.112. The lowest BCUT2D eigenvalue weighted by Crippen LogP contribution is -2.50. The number of pyridine rings is 1. The highest BCUT2D eigenvalue weighted by molar-refractivity contribution is 5.78. The third-order valence-electron chi connectivity index (χ3n) is 3.59. The second-order valence-electron chi connectivity index (χ2n) is 4.95. The standard InChI is InChI=1S/C17H13FN4O/c18-14-7-3-2-6-13(14)15(12(10-19)11-20)16(17(21)23)22-8-4-1-5-9-22/h1-9,12,15-16H,(H-,21,23)/p+1/t15-,16-/m0/s1. The quantitative estimate of drug-likeness (QED) is 0.850. The van der Waals surface area contributed by atoms with E-state index < -0.39 is 29.6 Å². The van der Waals surface area contributed by atoms with Gasteiger partial charge in [0.05, 0.1) is 18.1 Å². The van der Waals surface area contributed by atoms with E-state index in [9.17, 15) is 19.7 Å². The summed E-state index contributed by atoms with van der Waals surface area (Å²) in [5, 5.41) is 18.5. The molecule has 0 aliphatic heterocycles. The van der Waals surface area contributed by atoms with Crippen LogP contribution in [0.3, 0.4) is 0 Å². The van der Waals surface area contributed by atoms with E-state index in [2.05, 4.69) is 0 Å². The fourth-order valence-corrected chi connectivity index (χ4v) is 2.57. The summed E-state index contributed by atoms with van der Waals surface area (Å²) in [6.45, 7) is 0. The fraction of sp³-hybridized carbons (Fsp3) is 0.176. The molecule has 1 amide bonds. The molecule has 114 valence electrons. The highest BCUT2D eigenvalue weighted by Crippen LogP contribution is 2.33. The maximum atomic E-state index is 14.2. The van der Waals surface area contributed by atoms with Crippen LogP contribution in [0.4, 0.5) is 4.39 Å². The third-order valence-corrected chi connectivity index (χ3v) is 3.59. The molecule has 1 aromatic heterocycles. The van der Waals surface area contributed by atoms with Gasteiger partial charge >= 0.3 is 0 Å². The van der Waals surface area contributed by atoms with Crippen molar-refractivity contribution in [2.45, 2.75) is 12.0 Å². The van der Waals surface area contributed by atoms with Crippen LogP contribution in [0.5, 0.6) is 0 Å². The lowest BCUT2D eigenvalue weighted by Gasteiger charge is -2.22. The Morgan fingerprint density at radius 3 is 2.22 bits per heavy atom. The molecule has 2 N–H and O–H groups in total. The molecule has 0 saturated heterocycles. The van der Waals surface area contributed by atoms with Gasteiger partial charge in [-0.05, 0) is 6.07 Å². The average Bonchev–Trinajstić information content (AvgIpc) is 2.56. The molecule has 0 spiro atoms. The molecule has 0 aliphatic rings. The van der Waals surface area contributed by atoms with Gasteiger partial charge < -0.3 is 5.73 Å². The van der Waals surface area contributed by atoms with Crippen LogP contribution in [0.1, 0.15) is 17.5 Å². The number of rotatable bonds is 5. The Morgan fingerprint density at radius 1 is 1.09 bits per heavy atom. The Kier molecular flexibility index (Phi) is 5.01. The van der Waals surface area contributed by atoms with Gasteiger partial charge in [0.1, 0.15) is 11.7 Å². The molecule has 0 aliphatic carbocycles. The Bertz CT molecular complexity index is 765. The van der Waals surface area contributed by atoms with E-state index in [1.807, 2.05) is 12.1 Å². The summed E-state index contributed by atoms with van der Waals surface area (Å²) < 4.78 is 15.7. The van der Waals surface area contributed by atoms with Gasteiger partial charge in [-0.1, -0.05) is 24.3 Å². The van der Waals surface area contributed by atoms with Gasteiger partial charge in [0, 0.05) is 17.7 Å². The number of nitriles is 2. The Hall–Kier alpha value is -3.25. The van der Waals surface area contributed by atoms with Gasteiger partial charge in [-0.2, -0.15) is 15.1 Å². The predicted octanol–water partition coefficient (Wildman–Crippen LogP) is 1.59. The summed E-state index contributed by atoms with van der Waals surface area (Å²) in [6.07, 6.45) is 3.18. The van der Waals surface area contributed by atoms with Crippen LogP contribution in [0.2, 0.25) is 0 Å². The van der Waals surface area contributed by atoms with Crippen LogP contribution in [-0.4, -0.2) is 5.91 Å². The van der Waals surface area contributed by atoms with Crippen molar-refractivity contribution in [2.24, 2.45) is 11.7 Å². The second kappa shape index (κ2) is 7.15. The molecule has 0 bridgehead atoms. The van der Waals surface area contributed by atoms with Crippen molar-refractivity contribution in [3.05, 3.63) is 66.2 Å². The number of benzene rings is 1. The summed E-state index contributed by atoms with van der Waals surface area (Å²) in [5.74, 6) is -3.58. The number of primary amides is 1. The summed E-state index contributed by atoms with van der Waals surface area (Å²) in [7, 11) is 0. The highest BCUT2D eigenvalue weighted by Gasteiger charge is 2.42. The van der Waals surface area contributed by atoms with Crippen LogP contribution in [0, 0.1) is 34.4 Å². The number of carbonyl (C=O) groups is 1. The minimum atomic E-state index is -1.22. The number of amides is 1. The van der Waals surface area contributed by atoms with Crippen molar-refractivity contribution in [2.75, 3.05) is 0 Å². The lowest BCUT2D eigenvalue weighted by atomic mass is 9.81. The third kappa shape index (κ3) is 3.33. The number of halogens is 1. The molecule has 2 rings (SSSR count). The first kappa shape index (κ1) is 16.1. The molecule has 0 unspecified atom stereocenters. The molecule has 2 atom stereocenters. The van der Waals surface area contributed by atoms with Crippen molar-refractivity contribution in [3.63, 3.8) is 0 Å².